The number of para-hydroxylation sites is 2. The van der Waals surface area contributed by atoms with E-state index in [2.05, 4.69) is 10.2 Å². The molecule has 2 rings (SSSR count). The Labute approximate surface area is 171 Å². The standard InChI is InChI=1S/C20H30N4O5/c1-4-22(14-18(25)21-20(27)29-5-2)15-19(26)24-12-10-23(11-13-24)16-8-6-7-9-17(16)28-3/h6-9H,4-5,10-15H2,1-3H3,(H,21,25,27)/p+1. The van der Waals surface area contributed by atoms with Gasteiger partial charge in [0, 0.05) is 26.2 Å². The summed E-state index contributed by atoms with van der Waals surface area (Å²) in [5.41, 5.74) is 1.03. The second-order valence-electron chi connectivity index (χ2n) is 6.77. The molecule has 9 heteroatoms. The van der Waals surface area contributed by atoms with Gasteiger partial charge in [0.15, 0.2) is 13.1 Å². The highest BCUT2D eigenvalue weighted by molar-refractivity contribution is 5.92. The number of nitrogens with one attached hydrogen (secondary N) is 2. The van der Waals surface area contributed by atoms with Crippen LogP contribution in [-0.2, 0) is 14.3 Å². The second-order valence-corrected chi connectivity index (χ2v) is 6.77. The molecule has 3 amide bonds. The quantitative estimate of drug-likeness (QED) is 0.605. The summed E-state index contributed by atoms with van der Waals surface area (Å²) in [6.07, 6.45) is -0.758. The number of amides is 3. The van der Waals surface area contributed by atoms with E-state index < -0.39 is 12.0 Å². The summed E-state index contributed by atoms with van der Waals surface area (Å²) in [6.45, 7) is 7.29. The lowest BCUT2D eigenvalue weighted by Gasteiger charge is -2.36. The molecule has 1 aliphatic heterocycles. The van der Waals surface area contributed by atoms with Crippen LogP contribution in [0.4, 0.5) is 10.5 Å². The van der Waals surface area contributed by atoms with Gasteiger partial charge in [-0.05, 0) is 26.0 Å². The van der Waals surface area contributed by atoms with Gasteiger partial charge in [-0.2, -0.15) is 0 Å². The van der Waals surface area contributed by atoms with E-state index in [1.807, 2.05) is 36.1 Å². The Morgan fingerprint density at radius 1 is 1.07 bits per heavy atom. The first-order valence-electron chi connectivity index (χ1n) is 9.94. The number of imide groups is 1. The molecule has 29 heavy (non-hydrogen) atoms. The number of hydrogen-bond acceptors (Lipinski definition) is 6. The summed E-state index contributed by atoms with van der Waals surface area (Å²) in [4.78, 5) is 40.8. The van der Waals surface area contributed by atoms with Crippen molar-refractivity contribution < 1.29 is 28.8 Å². The van der Waals surface area contributed by atoms with Crippen molar-refractivity contribution in [2.45, 2.75) is 13.8 Å². The third-order valence-corrected chi connectivity index (χ3v) is 4.89. The number of hydrogen-bond donors (Lipinski definition) is 2. The molecule has 1 fully saturated rings. The minimum atomic E-state index is -0.758. The van der Waals surface area contributed by atoms with Crippen LogP contribution in [0.1, 0.15) is 13.8 Å². The van der Waals surface area contributed by atoms with Gasteiger partial charge in [0.2, 0.25) is 0 Å². The number of carbonyl (C=O) groups excluding carboxylic acids is 3. The normalized spacial score (nSPS) is 14.9. The van der Waals surface area contributed by atoms with E-state index in [0.717, 1.165) is 29.4 Å². The van der Waals surface area contributed by atoms with Gasteiger partial charge in [-0.1, -0.05) is 12.1 Å². The number of nitrogens with zero attached hydrogens (tertiary/aromatic N) is 2. The maximum absolute atomic E-state index is 12.7. The molecule has 1 unspecified atom stereocenters. The predicted molar refractivity (Wildman–Crippen MR) is 108 cm³/mol. The number of ether oxygens (including phenoxy) is 2. The number of methoxy groups -OCH3 is 1. The summed E-state index contributed by atoms with van der Waals surface area (Å²) in [7, 11) is 1.65. The average molecular weight is 407 g/mol. The molecule has 0 spiro atoms. The van der Waals surface area contributed by atoms with Crippen LogP contribution in [-0.4, -0.2) is 82.3 Å². The largest absolute Gasteiger partial charge is 0.495 e. The van der Waals surface area contributed by atoms with Crippen molar-refractivity contribution >= 4 is 23.6 Å². The van der Waals surface area contributed by atoms with Gasteiger partial charge in [-0.3, -0.25) is 14.9 Å². The van der Waals surface area contributed by atoms with Gasteiger partial charge >= 0.3 is 6.09 Å². The zero-order chi connectivity index (χ0) is 21.2. The fourth-order valence-electron chi connectivity index (χ4n) is 3.28. The first-order chi connectivity index (χ1) is 14.0. The first-order valence-corrected chi connectivity index (χ1v) is 9.94. The molecule has 9 nitrogen and oxygen atoms in total. The number of benzene rings is 1. The fraction of sp³-hybridized carbons (Fsp3) is 0.550. The molecular formula is C20H31N4O5+. The van der Waals surface area contributed by atoms with Crippen molar-refractivity contribution in [1.29, 1.82) is 0 Å². The van der Waals surface area contributed by atoms with Crippen molar-refractivity contribution in [2.24, 2.45) is 0 Å². The molecular weight excluding hydrogens is 376 g/mol. The highest BCUT2D eigenvalue weighted by Crippen LogP contribution is 2.28. The van der Waals surface area contributed by atoms with Gasteiger partial charge in [-0.15, -0.1) is 0 Å². The van der Waals surface area contributed by atoms with E-state index in [-0.39, 0.29) is 25.6 Å². The summed E-state index contributed by atoms with van der Waals surface area (Å²) in [5, 5.41) is 2.17. The molecule has 1 aromatic rings. The molecule has 1 aromatic carbocycles. The van der Waals surface area contributed by atoms with E-state index in [0.29, 0.717) is 19.6 Å². The van der Waals surface area contributed by atoms with Crippen LogP contribution in [0, 0.1) is 0 Å². The molecule has 1 aliphatic rings. The molecule has 160 valence electrons. The topological polar surface area (TPSA) is 92.6 Å². The van der Waals surface area contributed by atoms with Crippen LogP contribution >= 0.6 is 0 Å². The number of carbonyl (C=O) groups is 3. The maximum atomic E-state index is 12.7. The van der Waals surface area contributed by atoms with Crippen molar-refractivity contribution in [3.8, 4) is 5.75 Å². The Hall–Kier alpha value is -2.81. The van der Waals surface area contributed by atoms with Crippen LogP contribution in [0.2, 0.25) is 0 Å². The number of likely N-dealkylation sites (N-methyl/N-ethyl adjacent to an activating group) is 1. The van der Waals surface area contributed by atoms with Crippen molar-refractivity contribution in [3.05, 3.63) is 24.3 Å². The van der Waals surface area contributed by atoms with E-state index in [1.165, 1.54) is 0 Å². The zero-order valence-corrected chi connectivity index (χ0v) is 17.4. The van der Waals surface area contributed by atoms with E-state index in [9.17, 15) is 14.4 Å². The fourth-order valence-corrected chi connectivity index (χ4v) is 3.28. The molecule has 0 bridgehead atoms. The first kappa shape index (κ1) is 22.5. The minimum Gasteiger partial charge on any atom is -0.495 e. The van der Waals surface area contributed by atoms with Crippen LogP contribution in [0.15, 0.2) is 24.3 Å². The average Bonchev–Trinajstić information content (AvgIpc) is 2.73. The highest BCUT2D eigenvalue weighted by atomic mass is 16.5. The van der Waals surface area contributed by atoms with Crippen molar-refractivity contribution in [1.82, 2.24) is 10.2 Å². The Balaban J connectivity index is 1.83. The number of anilines is 1. The Morgan fingerprint density at radius 2 is 1.76 bits per heavy atom. The number of piperazine rings is 1. The minimum absolute atomic E-state index is 0.00506. The SMILES string of the molecule is CCOC(=O)NC(=O)C[NH+](CC)CC(=O)N1CCN(c2ccccc2OC)CC1. The highest BCUT2D eigenvalue weighted by Gasteiger charge is 2.26. The monoisotopic (exact) mass is 407 g/mol. The molecule has 0 aromatic heterocycles. The maximum Gasteiger partial charge on any atom is 0.414 e. The van der Waals surface area contributed by atoms with Crippen molar-refractivity contribution in [2.75, 3.05) is 64.4 Å². The number of alkyl carbamates (subject to hydrolysis) is 1. The second kappa shape index (κ2) is 11.3. The lowest BCUT2D eigenvalue weighted by Crippen LogP contribution is -3.14. The third kappa shape index (κ3) is 6.63. The Bertz CT molecular complexity index is 704. The van der Waals surface area contributed by atoms with E-state index >= 15 is 0 Å². The summed E-state index contributed by atoms with van der Waals surface area (Å²) >= 11 is 0. The number of quaternary nitrogens is 1. The molecule has 0 radical (unpaired) electrons. The number of rotatable bonds is 8. The lowest BCUT2D eigenvalue weighted by molar-refractivity contribution is -0.882. The van der Waals surface area contributed by atoms with Crippen LogP contribution < -0.4 is 19.9 Å². The van der Waals surface area contributed by atoms with E-state index in [4.69, 9.17) is 9.47 Å². The molecule has 0 aliphatic carbocycles. The van der Waals surface area contributed by atoms with Crippen LogP contribution in [0.5, 0.6) is 5.75 Å². The summed E-state index contributed by atoms with van der Waals surface area (Å²) in [6, 6.07) is 7.85. The van der Waals surface area contributed by atoms with Gasteiger partial charge in [0.1, 0.15) is 5.75 Å². The summed E-state index contributed by atoms with van der Waals surface area (Å²) < 4.78 is 10.1. The van der Waals surface area contributed by atoms with Gasteiger partial charge in [0.25, 0.3) is 11.8 Å². The lowest BCUT2D eigenvalue weighted by atomic mass is 10.2. The zero-order valence-electron chi connectivity index (χ0n) is 17.4. The molecule has 0 saturated carbocycles. The summed E-state index contributed by atoms with van der Waals surface area (Å²) in [5.74, 6) is 0.376. The van der Waals surface area contributed by atoms with Crippen molar-refractivity contribution in [3.63, 3.8) is 0 Å². The Kier molecular flexibility index (Phi) is 8.72. The van der Waals surface area contributed by atoms with E-state index in [1.54, 1.807) is 14.0 Å². The predicted octanol–water partition coefficient (Wildman–Crippen LogP) is -0.479. The third-order valence-electron chi connectivity index (χ3n) is 4.89. The van der Waals surface area contributed by atoms with Gasteiger partial charge in [0.05, 0.1) is 25.9 Å². The van der Waals surface area contributed by atoms with Crippen LogP contribution in [0.3, 0.4) is 0 Å². The van der Waals surface area contributed by atoms with Crippen LogP contribution in [0.25, 0.3) is 0 Å². The molecule has 2 N–H and O–H groups in total. The van der Waals surface area contributed by atoms with Gasteiger partial charge in [-0.25, -0.2) is 4.79 Å². The van der Waals surface area contributed by atoms with Gasteiger partial charge < -0.3 is 24.2 Å². The Morgan fingerprint density at radius 3 is 2.38 bits per heavy atom. The molecule has 1 saturated heterocycles. The smallest absolute Gasteiger partial charge is 0.414 e. The molecule has 1 heterocycles. The molecule has 1 atom stereocenters.